The molecule has 1 aromatic heterocycles. The van der Waals surface area contributed by atoms with Crippen molar-refractivity contribution in [2.24, 2.45) is 0 Å². The molecule has 2 N–H and O–H groups in total. The molecular weight excluding hydrogens is 242 g/mol. The van der Waals surface area contributed by atoms with Crippen molar-refractivity contribution in [3.8, 4) is 0 Å². The van der Waals surface area contributed by atoms with E-state index >= 15 is 0 Å². The summed E-state index contributed by atoms with van der Waals surface area (Å²) in [5, 5.41) is 12.6. The smallest absolute Gasteiger partial charge is 0.133 e. The lowest BCUT2D eigenvalue weighted by Crippen LogP contribution is -2.33. The van der Waals surface area contributed by atoms with Crippen molar-refractivity contribution in [1.29, 1.82) is 0 Å². The summed E-state index contributed by atoms with van der Waals surface area (Å²) in [6.45, 7) is 7.13. The zero-order chi connectivity index (χ0) is 14.1. The number of ether oxygens (including phenoxy) is 1. The Hall–Kier alpha value is -1.17. The first-order valence-corrected chi connectivity index (χ1v) is 6.77. The predicted molar refractivity (Wildman–Crippen MR) is 77.5 cm³/mol. The Labute approximate surface area is 115 Å². The molecular formula is C14H25N3O2. The Morgan fingerprint density at radius 1 is 1.47 bits per heavy atom. The molecule has 5 nitrogen and oxygen atoms in total. The number of aliphatic hydroxyl groups is 1. The number of nitrogens with zero attached hydrogens (tertiary/aromatic N) is 2. The van der Waals surface area contributed by atoms with E-state index in [0.29, 0.717) is 13.2 Å². The molecule has 19 heavy (non-hydrogen) atoms. The Kier molecular flexibility index (Phi) is 7.40. The normalized spacial score (nSPS) is 12.4. The molecule has 1 atom stereocenters. The minimum absolute atomic E-state index is 0.106. The molecule has 108 valence electrons. The second-order valence-corrected chi connectivity index (χ2v) is 4.40. The summed E-state index contributed by atoms with van der Waals surface area (Å²) in [5.41, 5.74) is 1.15. The summed E-state index contributed by atoms with van der Waals surface area (Å²) in [7, 11) is 1.68. The van der Waals surface area contributed by atoms with E-state index in [2.05, 4.69) is 35.1 Å². The molecule has 1 aromatic rings. The Morgan fingerprint density at radius 2 is 2.26 bits per heavy atom. The Morgan fingerprint density at radius 3 is 2.89 bits per heavy atom. The fourth-order valence-electron chi connectivity index (χ4n) is 2.07. The fraction of sp³-hybridized carbons (Fsp3) is 0.643. The average Bonchev–Trinajstić information content (AvgIpc) is 2.44. The van der Waals surface area contributed by atoms with Crippen LogP contribution in [0.2, 0.25) is 0 Å². The second-order valence-electron chi connectivity index (χ2n) is 4.40. The van der Waals surface area contributed by atoms with Crippen molar-refractivity contribution in [2.75, 3.05) is 44.9 Å². The Bertz CT molecular complexity index is 360. The van der Waals surface area contributed by atoms with Crippen LogP contribution in [0.25, 0.3) is 0 Å². The van der Waals surface area contributed by atoms with Crippen molar-refractivity contribution >= 4 is 5.82 Å². The maximum atomic E-state index is 9.20. The average molecular weight is 267 g/mol. The number of rotatable bonds is 9. The molecule has 0 fully saturated rings. The molecule has 1 heterocycles. The van der Waals surface area contributed by atoms with Gasteiger partial charge in [-0.05, 0) is 19.5 Å². The molecule has 1 unspecified atom stereocenters. The predicted octanol–water partition coefficient (Wildman–Crippen LogP) is 1.20. The van der Waals surface area contributed by atoms with E-state index in [4.69, 9.17) is 4.74 Å². The van der Waals surface area contributed by atoms with Crippen molar-refractivity contribution < 1.29 is 9.84 Å². The highest BCUT2D eigenvalue weighted by Crippen LogP contribution is 2.23. The minimum atomic E-state index is 0.106. The highest BCUT2D eigenvalue weighted by Gasteiger charge is 2.15. The lowest BCUT2D eigenvalue weighted by molar-refractivity contribution is 0.202. The van der Waals surface area contributed by atoms with Crippen LogP contribution in [0.1, 0.15) is 25.5 Å². The van der Waals surface area contributed by atoms with Crippen molar-refractivity contribution in [3.63, 3.8) is 0 Å². The lowest BCUT2D eigenvalue weighted by atomic mass is 10.1. The van der Waals surface area contributed by atoms with Gasteiger partial charge in [0.1, 0.15) is 5.82 Å². The summed E-state index contributed by atoms with van der Waals surface area (Å²) >= 11 is 0. The van der Waals surface area contributed by atoms with Gasteiger partial charge in [0.2, 0.25) is 0 Å². The fourth-order valence-corrected chi connectivity index (χ4v) is 2.07. The molecule has 0 saturated heterocycles. The first-order chi connectivity index (χ1) is 9.24. The van der Waals surface area contributed by atoms with Crippen LogP contribution in [0.15, 0.2) is 18.3 Å². The van der Waals surface area contributed by atoms with E-state index in [1.165, 1.54) is 0 Å². The van der Waals surface area contributed by atoms with E-state index in [9.17, 15) is 5.11 Å². The van der Waals surface area contributed by atoms with Gasteiger partial charge in [0.25, 0.3) is 0 Å². The molecule has 1 rings (SSSR count). The lowest BCUT2D eigenvalue weighted by Gasteiger charge is -2.27. The molecule has 0 aliphatic carbocycles. The number of nitrogens with one attached hydrogen (secondary N) is 1. The SMILES string of the molecule is CCNC(C)c1cccnc1N(CCO)CCOC. The van der Waals surface area contributed by atoms with Crippen LogP contribution in [0.5, 0.6) is 0 Å². The van der Waals surface area contributed by atoms with Crippen LogP contribution in [-0.2, 0) is 4.74 Å². The molecule has 0 aliphatic heterocycles. The van der Waals surface area contributed by atoms with Gasteiger partial charge in [-0.2, -0.15) is 0 Å². The third-order valence-corrected chi connectivity index (χ3v) is 3.03. The Balaban J connectivity index is 2.93. The van der Waals surface area contributed by atoms with Gasteiger partial charge in [-0.3, -0.25) is 0 Å². The van der Waals surface area contributed by atoms with Gasteiger partial charge in [-0.25, -0.2) is 4.98 Å². The number of methoxy groups -OCH3 is 1. The van der Waals surface area contributed by atoms with Gasteiger partial charge < -0.3 is 20.1 Å². The van der Waals surface area contributed by atoms with Gasteiger partial charge in [-0.15, -0.1) is 0 Å². The molecule has 0 saturated carbocycles. The second kappa shape index (κ2) is 8.85. The van der Waals surface area contributed by atoms with Crippen LogP contribution in [-0.4, -0.2) is 50.0 Å². The maximum absolute atomic E-state index is 9.20. The number of aromatic nitrogens is 1. The van der Waals surface area contributed by atoms with Gasteiger partial charge in [-0.1, -0.05) is 13.0 Å². The summed E-state index contributed by atoms with van der Waals surface area (Å²) in [4.78, 5) is 6.54. The standard InChI is InChI=1S/C14H25N3O2/c1-4-15-12(2)13-6-5-7-16-14(13)17(8-10-18)9-11-19-3/h5-7,12,15,18H,4,8-11H2,1-3H3. The zero-order valence-corrected chi connectivity index (χ0v) is 12.1. The number of pyridine rings is 1. The highest BCUT2D eigenvalue weighted by molar-refractivity contribution is 5.48. The summed E-state index contributed by atoms with van der Waals surface area (Å²) < 4.78 is 5.12. The van der Waals surface area contributed by atoms with Crippen LogP contribution in [0, 0.1) is 0 Å². The molecule has 0 spiro atoms. The summed E-state index contributed by atoms with van der Waals surface area (Å²) in [6.07, 6.45) is 1.79. The van der Waals surface area contributed by atoms with Crippen molar-refractivity contribution in [2.45, 2.75) is 19.9 Å². The summed E-state index contributed by atoms with van der Waals surface area (Å²) in [5.74, 6) is 0.919. The van der Waals surface area contributed by atoms with Crippen molar-refractivity contribution in [1.82, 2.24) is 10.3 Å². The molecule has 0 amide bonds. The van der Waals surface area contributed by atoms with E-state index in [-0.39, 0.29) is 12.6 Å². The number of aliphatic hydroxyl groups excluding tert-OH is 1. The number of hydrogen-bond donors (Lipinski definition) is 2. The quantitative estimate of drug-likeness (QED) is 0.704. The molecule has 0 bridgehead atoms. The van der Waals surface area contributed by atoms with Crippen LogP contribution >= 0.6 is 0 Å². The topological polar surface area (TPSA) is 57.6 Å². The maximum Gasteiger partial charge on any atom is 0.133 e. The van der Waals surface area contributed by atoms with Crippen LogP contribution in [0.4, 0.5) is 5.82 Å². The molecule has 0 radical (unpaired) electrons. The van der Waals surface area contributed by atoms with E-state index < -0.39 is 0 Å². The van der Waals surface area contributed by atoms with Crippen molar-refractivity contribution in [3.05, 3.63) is 23.9 Å². The van der Waals surface area contributed by atoms with E-state index in [1.54, 1.807) is 13.3 Å². The van der Waals surface area contributed by atoms with E-state index in [0.717, 1.165) is 24.5 Å². The number of anilines is 1. The first kappa shape index (κ1) is 15.9. The summed E-state index contributed by atoms with van der Waals surface area (Å²) in [6, 6.07) is 4.25. The molecule has 5 heteroatoms. The minimum Gasteiger partial charge on any atom is -0.395 e. The largest absolute Gasteiger partial charge is 0.395 e. The number of hydrogen-bond acceptors (Lipinski definition) is 5. The van der Waals surface area contributed by atoms with Gasteiger partial charge in [0.05, 0.1) is 13.2 Å². The van der Waals surface area contributed by atoms with Crippen LogP contribution < -0.4 is 10.2 Å². The third kappa shape index (κ3) is 4.78. The van der Waals surface area contributed by atoms with E-state index in [1.807, 2.05) is 6.07 Å². The van der Waals surface area contributed by atoms with Gasteiger partial charge in [0, 0.05) is 38.0 Å². The monoisotopic (exact) mass is 267 g/mol. The molecule has 0 aromatic carbocycles. The van der Waals surface area contributed by atoms with Crippen LogP contribution in [0.3, 0.4) is 0 Å². The first-order valence-electron chi connectivity index (χ1n) is 6.77. The molecule has 0 aliphatic rings. The highest BCUT2D eigenvalue weighted by atomic mass is 16.5. The third-order valence-electron chi connectivity index (χ3n) is 3.03. The van der Waals surface area contributed by atoms with Gasteiger partial charge in [0.15, 0.2) is 0 Å². The zero-order valence-electron chi connectivity index (χ0n) is 12.1. The van der Waals surface area contributed by atoms with Gasteiger partial charge >= 0.3 is 0 Å².